The number of hydrogen-bond acceptors (Lipinski definition) is 3. The summed E-state index contributed by atoms with van der Waals surface area (Å²) in [6.07, 6.45) is 3.26. The lowest BCUT2D eigenvalue weighted by atomic mass is 9.80. The van der Waals surface area contributed by atoms with Crippen LogP contribution < -0.4 is 5.32 Å². The summed E-state index contributed by atoms with van der Waals surface area (Å²) >= 11 is 0. The monoisotopic (exact) mass is 229 g/mol. The highest BCUT2D eigenvalue weighted by atomic mass is 16.5. The van der Waals surface area contributed by atoms with Gasteiger partial charge >= 0.3 is 0 Å². The molecule has 96 valence electrons. The van der Waals surface area contributed by atoms with Crippen LogP contribution in [0, 0.1) is 5.92 Å². The largest absolute Gasteiger partial charge is 0.381 e. The molecule has 0 spiro atoms. The minimum Gasteiger partial charge on any atom is -0.381 e. The summed E-state index contributed by atoms with van der Waals surface area (Å²) in [5.41, 5.74) is -0.0259. The van der Waals surface area contributed by atoms with Crippen LogP contribution in [0.25, 0.3) is 0 Å². The van der Waals surface area contributed by atoms with Crippen LogP contribution in [0.1, 0.15) is 40.0 Å². The van der Waals surface area contributed by atoms with E-state index in [1.54, 1.807) is 0 Å². The Morgan fingerprint density at radius 1 is 1.38 bits per heavy atom. The second kappa shape index (κ2) is 6.58. The molecule has 0 amide bonds. The highest BCUT2D eigenvalue weighted by molar-refractivity contribution is 4.96. The van der Waals surface area contributed by atoms with Gasteiger partial charge in [0.2, 0.25) is 0 Å². The molecule has 0 saturated carbocycles. The van der Waals surface area contributed by atoms with Gasteiger partial charge in [-0.25, -0.2) is 0 Å². The maximum absolute atomic E-state index is 6.08. The molecule has 1 aliphatic rings. The molecule has 1 aliphatic heterocycles. The zero-order valence-electron chi connectivity index (χ0n) is 11.2. The predicted molar refractivity (Wildman–Crippen MR) is 66.7 cm³/mol. The van der Waals surface area contributed by atoms with Crippen LogP contribution in [0.3, 0.4) is 0 Å². The second-order valence-corrected chi connectivity index (χ2v) is 4.59. The first kappa shape index (κ1) is 13.9. The lowest BCUT2D eigenvalue weighted by molar-refractivity contribution is -0.0841. The number of hydrogen-bond donors (Lipinski definition) is 1. The maximum Gasteiger partial charge on any atom is 0.0832 e. The van der Waals surface area contributed by atoms with E-state index in [2.05, 4.69) is 26.1 Å². The van der Waals surface area contributed by atoms with Gasteiger partial charge in [-0.3, -0.25) is 0 Å². The van der Waals surface area contributed by atoms with E-state index in [1.807, 2.05) is 7.05 Å². The Bertz CT molecular complexity index is 186. The van der Waals surface area contributed by atoms with Gasteiger partial charge in [0.05, 0.1) is 12.2 Å². The molecule has 16 heavy (non-hydrogen) atoms. The summed E-state index contributed by atoms with van der Waals surface area (Å²) in [7, 11) is 2.04. The van der Waals surface area contributed by atoms with Crippen molar-refractivity contribution in [2.75, 3.05) is 26.9 Å². The van der Waals surface area contributed by atoms with E-state index in [9.17, 15) is 0 Å². The molecule has 3 heteroatoms. The summed E-state index contributed by atoms with van der Waals surface area (Å²) in [6.45, 7) is 9.09. The predicted octanol–water partition coefficient (Wildman–Crippen LogP) is 2.21. The Hall–Kier alpha value is -0.120. The first-order valence-electron chi connectivity index (χ1n) is 6.63. The third-order valence-electron chi connectivity index (χ3n) is 3.94. The van der Waals surface area contributed by atoms with E-state index in [1.165, 1.54) is 0 Å². The van der Waals surface area contributed by atoms with Gasteiger partial charge in [0.25, 0.3) is 0 Å². The molecule has 0 aromatic rings. The molecule has 2 unspecified atom stereocenters. The van der Waals surface area contributed by atoms with Crippen molar-refractivity contribution >= 4 is 0 Å². The van der Waals surface area contributed by atoms with Crippen molar-refractivity contribution in [1.29, 1.82) is 0 Å². The fourth-order valence-electron chi connectivity index (χ4n) is 3.02. The van der Waals surface area contributed by atoms with Gasteiger partial charge in [-0.2, -0.15) is 0 Å². The van der Waals surface area contributed by atoms with Crippen LogP contribution in [0.15, 0.2) is 0 Å². The van der Waals surface area contributed by atoms with E-state index >= 15 is 0 Å². The van der Waals surface area contributed by atoms with Gasteiger partial charge < -0.3 is 14.8 Å². The van der Waals surface area contributed by atoms with Crippen molar-refractivity contribution in [3.05, 3.63) is 0 Å². The molecule has 2 atom stereocenters. The standard InChI is InChI=1S/C13H27NO2/c1-5-13(6-2,16-7-3)12(14-4)11-8-9-15-10-11/h11-12,14H,5-10H2,1-4H3. The molecular formula is C13H27NO2. The molecule has 0 aromatic heterocycles. The van der Waals surface area contributed by atoms with Crippen molar-refractivity contribution in [3.8, 4) is 0 Å². The van der Waals surface area contributed by atoms with Crippen molar-refractivity contribution in [2.24, 2.45) is 5.92 Å². The normalized spacial score (nSPS) is 23.6. The Kier molecular flexibility index (Phi) is 5.73. The molecule has 1 saturated heterocycles. The molecule has 0 aromatic carbocycles. The summed E-state index contributed by atoms with van der Waals surface area (Å²) in [4.78, 5) is 0. The summed E-state index contributed by atoms with van der Waals surface area (Å²) in [6, 6.07) is 0.407. The molecular weight excluding hydrogens is 202 g/mol. The average molecular weight is 229 g/mol. The smallest absolute Gasteiger partial charge is 0.0832 e. The lowest BCUT2D eigenvalue weighted by Crippen LogP contribution is -2.55. The minimum atomic E-state index is -0.0259. The molecule has 1 N–H and O–H groups in total. The molecule has 0 bridgehead atoms. The highest BCUT2D eigenvalue weighted by Crippen LogP contribution is 2.32. The topological polar surface area (TPSA) is 30.5 Å². The Labute approximate surface area is 99.9 Å². The van der Waals surface area contributed by atoms with E-state index in [0.717, 1.165) is 39.1 Å². The van der Waals surface area contributed by atoms with Gasteiger partial charge in [0.1, 0.15) is 0 Å². The quantitative estimate of drug-likeness (QED) is 0.726. The van der Waals surface area contributed by atoms with Crippen LogP contribution >= 0.6 is 0 Å². The summed E-state index contributed by atoms with van der Waals surface area (Å²) in [5.74, 6) is 0.594. The SMILES string of the molecule is CCOC(CC)(CC)C(NC)C1CCOC1. The second-order valence-electron chi connectivity index (χ2n) is 4.59. The molecule has 1 rings (SSSR count). The number of rotatable bonds is 7. The third-order valence-corrected chi connectivity index (χ3v) is 3.94. The van der Waals surface area contributed by atoms with Crippen molar-refractivity contribution in [3.63, 3.8) is 0 Å². The first-order valence-corrected chi connectivity index (χ1v) is 6.63. The highest BCUT2D eigenvalue weighted by Gasteiger charge is 2.41. The van der Waals surface area contributed by atoms with E-state index in [-0.39, 0.29) is 5.60 Å². The molecule has 3 nitrogen and oxygen atoms in total. The van der Waals surface area contributed by atoms with E-state index in [4.69, 9.17) is 9.47 Å². The molecule has 0 radical (unpaired) electrons. The van der Waals surface area contributed by atoms with Gasteiger partial charge in [-0.05, 0) is 33.2 Å². The van der Waals surface area contributed by atoms with Crippen LogP contribution in [0.2, 0.25) is 0 Å². The fourth-order valence-corrected chi connectivity index (χ4v) is 3.02. The van der Waals surface area contributed by atoms with E-state index in [0.29, 0.717) is 12.0 Å². The third kappa shape index (κ3) is 2.76. The summed E-state index contributed by atoms with van der Waals surface area (Å²) in [5, 5.41) is 3.47. The van der Waals surface area contributed by atoms with Crippen molar-refractivity contribution in [1.82, 2.24) is 5.32 Å². The Balaban J connectivity index is 2.78. The number of likely N-dealkylation sites (N-methyl/N-ethyl adjacent to an activating group) is 1. The minimum absolute atomic E-state index is 0.0259. The van der Waals surface area contributed by atoms with Gasteiger partial charge in [0, 0.05) is 25.2 Å². The van der Waals surface area contributed by atoms with Crippen LogP contribution in [0.5, 0.6) is 0 Å². The van der Waals surface area contributed by atoms with Crippen molar-refractivity contribution in [2.45, 2.75) is 51.7 Å². The van der Waals surface area contributed by atoms with Gasteiger partial charge in [-0.1, -0.05) is 13.8 Å². The maximum atomic E-state index is 6.08. The average Bonchev–Trinajstić information content (AvgIpc) is 2.82. The van der Waals surface area contributed by atoms with Crippen molar-refractivity contribution < 1.29 is 9.47 Å². The number of nitrogens with one attached hydrogen (secondary N) is 1. The van der Waals surface area contributed by atoms with Gasteiger partial charge in [-0.15, -0.1) is 0 Å². The first-order chi connectivity index (χ1) is 7.74. The lowest BCUT2D eigenvalue weighted by Gasteiger charge is -2.42. The zero-order chi connectivity index (χ0) is 12.0. The Morgan fingerprint density at radius 3 is 2.44 bits per heavy atom. The zero-order valence-corrected chi connectivity index (χ0v) is 11.2. The Morgan fingerprint density at radius 2 is 2.06 bits per heavy atom. The number of ether oxygens (including phenoxy) is 2. The van der Waals surface area contributed by atoms with Gasteiger partial charge in [0.15, 0.2) is 0 Å². The van der Waals surface area contributed by atoms with Crippen LogP contribution in [-0.4, -0.2) is 38.5 Å². The summed E-state index contributed by atoms with van der Waals surface area (Å²) < 4.78 is 11.6. The van der Waals surface area contributed by atoms with Crippen LogP contribution in [0.4, 0.5) is 0 Å². The van der Waals surface area contributed by atoms with E-state index < -0.39 is 0 Å². The fraction of sp³-hybridized carbons (Fsp3) is 1.00. The molecule has 1 heterocycles. The molecule has 0 aliphatic carbocycles. The molecule has 1 fully saturated rings. The van der Waals surface area contributed by atoms with Crippen LogP contribution in [-0.2, 0) is 9.47 Å².